The Kier molecular flexibility index (Phi) is 3.94. The first-order valence-corrected chi connectivity index (χ1v) is 7.07. The molecule has 1 amide bonds. The first-order valence-electron chi connectivity index (χ1n) is 5.02. The Morgan fingerprint density at radius 2 is 2.17 bits per heavy atom. The second-order valence-corrected chi connectivity index (χ2v) is 6.13. The largest absolute Gasteiger partial charge is 0.505 e. The van der Waals surface area contributed by atoms with Crippen molar-refractivity contribution in [2.24, 2.45) is 0 Å². The topological polar surface area (TPSA) is 49.3 Å². The van der Waals surface area contributed by atoms with Crippen molar-refractivity contribution in [3.05, 3.63) is 43.5 Å². The SMILES string of the molecule is Cc1cc(Br)c(O)c(NC(=O)c2csc(Cl)c2)c1. The number of carbonyl (C=O) groups excluding carboxylic acids is 1. The number of amides is 1. The second-order valence-electron chi connectivity index (χ2n) is 3.74. The minimum Gasteiger partial charge on any atom is -0.505 e. The molecule has 0 spiro atoms. The van der Waals surface area contributed by atoms with Crippen LogP contribution in [0.15, 0.2) is 28.1 Å². The molecule has 0 aliphatic rings. The number of hydrogen-bond acceptors (Lipinski definition) is 3. The highest BCUT2D eigenvalue weighted by Gasteiger charge is 2.12. The molecule has 1 aromatic carbocycles. The Morgan fingerprint density at radius 3 is 2.78 bits per heavy atom. The summed E-state index contributed by atoms with van der Waals surface area (Å²) in [6, 6.07) is 5.06. The van der Waals surface area contributed by atoms with Crippen molar-refractivity contribution in [1.29, 1.82) is 0 Å². The van der Waals surface area contributed by atoms with E-state index >= 15 is 0 Å². The molecule has 2 aromatic rings. The lowest BCUT2D eigenvalue weighted by molar-refractivity contribution is 0.102. The first kappa shape index (κ1) is 13.4. The molecule has 2 rings (SSSR count). The Labute approximate surface area is 122 Å². The highest BCUT2D eigenvalue weighted by Crippen LogP contribution is 2.33. The average Bonchev–Trinajstić information content (AvgIpc) is 2.72. The summed E-state index contributed by atoms with van der Waals surface area (Å²) in [7, 11) is 0. The van der Waals surface area contributed by atoms with Crippen LogP contribution in [0.2, 0.25) is 4.34 Å². The van der Waals surface area contributed by atoms with Crippen LogP contribution in [0.1, 0.15) is 15.9 Å². The maximum absolute atomic E-state index is 11.9. The predicted molar refractivity (Wildman–Crippen MR) is 77.8 cm³/mol. The Balaban J connectivity index is 2.27. The van der Waals surface area contributed by atoms with Crippen molar-refractivity contribution in [3.8, 4) is 5.75 Å². The third-order valence-corrected chi connectivity index (χ3v) is 3.98. The fourth-order valence-corrected chi connectivity index (χ4v) is 2.89. The molecule has 0 saturated carbocycles. The van der Waals surface area contributed by atoms with Crippen molar-refractivity contribution in [3.63, 3.8) is 0 Å². The van der Waals surface area contributed by atoms with Crippen LogP contribution in [0.3, 0.4) is 0 Å². The van der Waals surface area contributed by atoms with Gasteiger partial charge in [-0.1, -0.05) is 11.6 Å². The fraction of sp³-hybridized carbons (Fsp3) is 0.0833. The number of rotatable bonds is 2. The standard InChI is InChI=1S/C12H9BrClNO2S/c1-6-2-8(13)11(16)9(3-6)15-12(17)7-4-10(14)18-5-7/h2-5,16H,1H3,(H,15,17). The number of anilines is 1. The van der Waals surface area contributed by atoms with Crippen LogP contribution >= 0.6 is 38.9 Å². The summed E-state index contributed by atoms with van der Waals surface area (Å²) in [5.74, 6) is -0.291. The third-order valence-electron chi connectivity index (χ3n) is 2.29. The summed E-state index contributed by atoms with van der Waals surface area (Å²) in [6.45, 7) is 1.88. The van der Waals surface area contributed by atoms with E-state index in [0.717, 1.165) is 5.56 Å². The van der Waals surface area contributed by atoms with Crippen molar-refractivity contribution >= 4 is 50.5 Å². The van der Waals surface area contributed by atoms with Gasteiger partial charge in [0.2, 0.25) is 0 Å². The van der Waals surface area contributed by atoms with Gasteiger partial charge in [-0.3, -0.25) is 4.79 Å². The highest BCUT2D eigenvalue weighted by atomic mass is 79.9. The smallest absolute Gasteiger partial charge is 0.256 e. The van der Waals surface area contributed by atoms with E-state index in [9.17, 15) is 9.90 Å². The van der Waals surface area contributed by atoms with Gasteiger partial charge < -0.3 is 10.4 Å². The van der Waals surface area contributed by atoms with Crippen LogP contribution in [-0.4, -0.2) is 11.0 Å². The number of phenols is 1. The number of phenolic OH excluding ortho intramolecular Hbond substituents is 1. The van der Waals surface area contributed by atoms with Gasteiger partial charge in [0.05, 0.1) is 20.1 Å². The molecule has 0 radical (unpaired) electrons. The molecule has 6 heteroatoms. The Morgan fingerprint density at radius 1 is 1.44 bits per heavy atom. The summed E-state index contributed by atoms with van der Waals surface area (Å²) in [6.07, 6.45) is 0. The number of halogens is 2. The molecule has 2 N–H and O–H groups in total. The first-order chi connectivity index (χ1) is 8.47. The Hall–Kier alpha value is -1.04. The number of aryl methyl sites for hydroxylation is 1. The minimum atomic E-state index is -0.300. The quantitative estimate of drug-likeness (QED) is 0.790. The van der Waals surface area contributed by atoms with E-state index in [2.05, 4.69) is 21.2 Å². The summed E-state index contributed by atoms with van der Waals surface area (Å²) in [5.41, 5.74) is 1.77. The summed E-state index contributed by atoms with van der Waals surface area (Å²) >= 11 is 10.3. The van der Waals surface area contributed by atoms with E-state index < -0.39 is 0 Å². The zero-order valence-electron chi connectivity index (χ0n) is 9.33. The second kappa shape index (κ2) is 5.30. The molecular weight excluding hydrogens is 338 g/mol. The molecule has 1 heterocycles. The molecule has 94 valence electrons. The van der Waals surface area contributed by atoms with Crippen molar-refractivity contribution in [2.75, 3.05) is 5.32 Å². The van der Waals surface area contributed by atoms with Crippen LogP contribution in [0, 0.1) is 6.92 Å². The number of aromatic hydroxyl groups is 1. The molecule has 0 bridgehead atoms. The molecule has 1 aromatic heterocycles. The van der Waals surface area contributed by atoms with Crippen molar-refractivity contribution < 1.29 is 9.90 Å². The van der Waals surface area contributed by atoms with Crippen LogP contribution in [0.5, 0.6) is 5.75 Å². The van der Waals surface area contributed by atoms with Crippen LogP contribution in [0.25, 0.3) is 0 Å². The number of carbonyl (C=O) groups is 1. The van der Waals surface area contributed by atoms with Gasteiger partial charge in [-0.05, 0) is 46.6 Å². The lowest BCUT2D eigenvalue weighted by atomic mass is 10.2. The predicted octanol–water partition coefficient (Wildman–Crippen LogP) is 4.43. The van der Waals surface area contributed by atoms with Gasteiger partial charge in [0, 0.05) is 5.38 Å². The average molecular weight is 347 g/mol. The van der Waals surface area contributed by atoms with Gasteiger partial charge in [0.25, 0.3) is 5.91 Å². The third kappa shape index (κ3) is 2.85. The van der Waals surface area contributed by atoms with Crippen LogP contribution in [-0.2, 0) is 0 Å². The maximum atomic E-state index is 11.9. The van der Waals surface area contributed by atoms with Crippen LogP contribution < -0.4 is 5.32 Å². The molecule has 0 saturated heterocycles. The lowest BCUT2D eigenvalue weighted by Crippen LogP contribution is -2.11. The van der Waals surface area contributed by atoms with Gasteiger partial charge >= 0.3 is 0 Å². The molecule has 0 fully saturated rings. The van der Waals surface area contributed by atoms with Gasteiger partial charge in [-0.2, -0.15) is 0 Å². The summed E-state index contributed by atoms with van der Waals surface area (Å²) in [4.78, 5) is 11.9. The number of nitrogens with one attached hydrogen (secondary N) is 1. The molecule has 0 atom stereocenters. The number of hydrogen-bond donors (Lipinski definition) is 2. The Bertz CT molecular complexity index is 612. The molecule has 0 aliphatic carbocycles. The van der Waals surface area contributed by atoms with E-state index in [0.29, 0.717) is 20.1 Å². The summed E-state index contributed by atoms with van der Waals surface area (Å²) in [5, 5.41) is 14.2. The highest BCUT2D eigenvalue weighted by molar-refractivity contribution is 9.10. The van der Waals surface area contributed by atoms with Crippen molar-refractivity contribution in [2.45, 2.75) is 6.92 Å². The van der Waals surface area contributed by atoms with Crippen LogP contribution in [0.4, 0.5) is 5.69 Å². The lowest BCUT2D eigenvalue weighted by Gasteiger charge is -2.09. The van der Waals surface area contributed by atoms with Gasteiger partial charge in [-0.15, -0.1) is 11.3 Å². The van der Waals surface area contributed by atoms with Crippen molar-refractivity contribution in [1.82, 2.24) is 0 Å². The van der Waals surface area contributed by atoms with Gasteiger partial charge in [0.15, 0.2) is 5.75 Å². The zero-order chi connectivity index (χ0) is 13.3. The number of thiophene rings is 1. The summed E-state index contributed by atoms with van der Waals surface area (Å²) < 4.78 is 1.09. The van der Waals surface area contributed by atoms with E-state index in [-0.39, 0.29) is 11.7 Å². The van der Waals surface area contributed by atoms with E-state index in [1.54, 1.807) is 23.6 Å². The maximum Gasteiger partial charge on any atom is 0.256 e. The molecular formula is C12H9BrClNO2S. The van der Waals surface area contributed by atoms with Gasteiger partial charge in [0.1, 0.15) is 0 Å². The zero-order valence-corrected chi connectivity index (χ0v) is 12.5. The van der Waals surface area contributed by atoms with E-state index in [4.69, 9.17) is 11.6 Å². The molecule has 0 unspecified atom stereocenters. The number of benzene rings is 1. The molecule has 3 nitrogen and oxygen atoms in total. The van der Waals surface area contributed by atoms with Gasteiger partial charge in [-0.25, -0.2) is 0 Å². The molecule has 0 aliphatic heterocycles. The van der Waals surface area contributed by atoms with E-state index in [1.165, 1.54) is 11.3 Å². The van der Waals surface area contributed by atoms with E-state index in [1.807, 2.05) is 6.92 Å². The monoisotopic (exact) mass is 345 g/mol. The molecule has 18 heavy (non-hydrogen) atoms. The normalized spacial score (nSPS) is 10.4. The fourth-order valence-electron chi connectivity index (χ4n) is 1.45. The minimum absolute atomic E-state index is 0.00952.